The van der Waals surface area contributed by atoms with Crippen molar-refractivity contribution < 1.29 is 27.8 Å². The molecule has 29 heavy (non-hydrogen) atoms. The van der Waals surface area contributed by atoms with Crippen LogP contribution in [0.2, 0.25) is 0 Å². The molecule has 0 aromatic heterocycles. The van der Waals surface area contributed by atoms with E-state index in [1.807, 2.05) is 12.1 Å². The monoisotopic (exact) mass is 404 g/mol. The largest absolute Gasteiger partial charge is 0.495 e. The van der Waals surface area contributed by atoms with E-state index in [9.17, 15) is 18.4 Å². The molecule has 0 spiro atoms. The minimum absolute atomic E-state index is 0.0914. The minimum Gasteiger partial charge on any atom is -0.495 e. The second-order valence-electron chi connectivity index (χ2n) is 6.64. The van der Waals surface area contributed by atoms with Crippen molar-refractivity contribution in [1.29, 1.82) is 0 Å². The van der Waals surface area contributed by atoms with Crippen molar-refractivity contribution in [2.45, 2.75) is 19.5 Å². The molecule has 0 radical (unpaired) electrons. The zero-order valence-electron chi connectivity index (χ0n) is 15.9. The maximum absolute atomic E-state index is 12.5. The molecule has 1 atom stereocenters. The van der Waals surface area contributed by atoms with Gasteiger partial charge in [-0.2, -0.15) is 8.78 Å². The van der Waals surface area contributed by atoms with Crippen molar-refractivity contribution in [3.05, 3.63) is 54.1 Å². The van der Waals surface area contributed by atoms with Gasteiger partial charge in [-0.3, -0.25) is 9.59 Å². The Morgan fingerprint density at radius 3 is 2.62 bits per heavy atom. The molecular formula is C21H22F2N2O4. The third-order valence-corrected chi connectivity index (χ3v) is 4.73. The number of para-hydroxylation sites is 2. The predicted molar refractivity (Wildman–Crippen MR) is 103 cm³/mol. The first kappa shape index (κ1) is 20.6. The molecule has 0 aliphatic carbocycles. The summed E-state index contributed by atoms with van der Waals surface area (Å²) in [6.07, 6.45) is 0.682. The second kappa shape index (κ2) is 9.36. The van der Waals surface area contributed by atoms with Gasteiger partial charge in [0.25, 0.3) is 0 Å². The van der Waals surface area contributed by atoms with E-state index in [-0.39, 0.29) is 24.0 Å². The Morgan fingerprint density at radius 1 is 1.21 bits per heavy atom. The van der Waals surface area contributed by atoms with E-state index < -0.39 is 12.5 Å². The fourth-order valence-corrected chi connectivity index (χ4v) is 3.28. The Balaban J connectivity index is 1.51. The standard InChI is InChI=1S/C21H22F2N2O4/c1-28-18-5-3-2-4-17(18)25-13-15(12-19(25)26)20(27)24-11-10-14-6-8-16(9-7-14)29-21(22)23/h2-9,15,21H,10-13H2,1H3,(H,24,27). The molecule has 2 aromatic carbocycles. The lowest BCUT2D eigenvalue weighted by atomic mass is 10.1. The first-order valence-corrected chi connectivity index (χ1v) is 9.22. The number of anilines is 1. The van der Waals surface area contributed by atoms with Crippen molar-refractivity contribution in [3.63, 3.8) is 0 Å². The summed E-state index contributed by atoms with van der Waals surface area (Å²) in [7, 11) is 1.54. The fourth-order valence-electron chi connectivity index (χ4n) is 3.28. The summed E-state index contributed by atoms with van der Waals surface area (Å²) < 4.78 is 33.9. The zero-order valence-corrected chi connectivity index (χ0v) is 15.9. The third-order valence-electron chi connectivity index (χ3n) is 4.73. The summed E-state index contributed by atoms with van der Waals surface area (Å²) in [6.45, 7) is -2.18. The highest BCUT2D eigenvalue weighted by molar-refractivity contribution is 6.01. The molecule has 8 heteroatoms. The molecule has 0 saturated carbocycles. The molecule has 0 bridgehead atoms. The number of rotatable bonds is 8. The van der Waals surface area contributed by atoms with E-state index in [0.29, 0.717) is 30.9 Å². The summed E-state index contributed by atoms with van der Waals surface area (Å²) in [5, 5.41) is 2.84. The van der Waals surface area contributed by atoms with E-state index in [1.54, 1.807) is 29.2 Å². The van der Waals surface area contributed by atoms with Crippen LogP contribution in [0.15, 0.2) is 48.5 Å². The molecule has 1 unspecified atom stereocenters. The van der Waals surface area contributed by atoms with Crippen LogP contribution in [0.4, 0.5) is 14.5 Å². The molecule has 1 aliphatic heterocycles. The van der Waals surface area contributed by atoms with Crippen molar-refractivity contribution in [1.82, 2.24) is 5.32 Å². The van der Waals surface area contributed by atoms with Crippen LogP contribution < -0.4 is 19.7 Å². The van der Waals surface area contributed by atoms with E-state index in [2.05, 4.69) is 10.1 Å². The predicted octanol–water partition coefficient (Wildman–Crippen LogP) is 3.01. The SMILES string of the molecule is COc1ccccc1N1CC(C(=O)NCCc2ccc(OC(F)F)cc2)CC1=O. The lowest BCUT2D eigenvalue weighted by molar-refractivity contribution is -0.126. The molecule has 6 nitrogen and oxygen atoms in total. The van der Waals surface area contributed by atoms with Crippen molar-refractivity contribution in [2.24, 2.45) is 5.92 Å². The molecule has 1 heterocycles. The van der Waals surface area contributed by atoms with E-state index in [0.717, 1.165) is 5.56 Å². The molecule has 1 N–H and O–H groups in total. The average Bonchev–Trinajstić information content (AvgIpc) is 3.10. The maximum Gasteiger partial charge on any atom is 0.387 e. The van der Waals surface area contributed by atoms with Gasteiger partial charge in [-0.25, -0.2) is 0 Å². The number of halogens is 2. The van der Waals surface area contributed by atoms with Crippen LogP contribution in [0.25, 0.3) is 0 Å². The number of nitrogens with zero attached hydrogens (tertiary/aromatic N) is 1. The van der Waals surface area contributed by atoms with Crippen LogP contribution in [0, 0.1) is 5.92 Å². The van der Waals surface area contributed by atoms with Gasteiger partial charge in [-0.1, -0.05) is 24.3 Å². The second-order valence-corrected chi connectivity index (χ2v) is 6.64. The highest BCUT2D eigenvalue weighted by Crippen LogP contribution is 2.32. The number of hydrogen-bond donors (Lipinski definition) is 1. The first-order valence-electron chi connectivity index (χ1n) is 9.22. The number of benzene rings is 2. The fraction of sp³-hybridized carbons (Fsp3) is 0.333. The first-order chi connectivity index (χ1) is 14.0. The van der Waals surface area contributed by atoms with Gasteiger partial charge in [0.1, 0.15) is 11.5 Å². The lowest BCUT2D eigenvalue weighted by Crippen LogP contribution is -2.34. The highest BCUT2D eigenvalue weighted by Gasteiger charge is 2.36. The Labute approximate surface area is 167 Å². The number of alkyl halides is 2. The number of carbonyl (C=O) groups excluding carboxylic acids is 2. The minimum atomic E-state index is -2.86. The maximum atomic E-state index is 12.5. The number of carbonyl (C=O) groups is 2. The Bertz CT molecular complexity index is 858. The van der Waals surface area contributed by atoms with Gasteiger partial charge in [0.15, 0.2) is 0 Å². The van der Waals surface area contributed by atoms with Gasteiger partial charge in [0.05, 0.1) is 18.7 Å². The molecule has 154 valence electrons. The molecule has 2 aromatic rings. The van der Waals surface area contributed by atoms with Gasteiger partial charge in [0, 0.05) is 19.5 Å². The Hall–Kier alpha value is -3.16. The summed E-state index contributed by atoms with van der Waals surface area (Å²) in [6, 6.07) is 13.5. The van der Waals surface area contributed by atoms with E-state index >= 15 is 0 Å². The highest BCUT2D eigenvalue weighted by atomic mass is 19.3. The number of ether oxygens (including phenoxy) is 2. The molecule has 3 rings (SSSR count). The summed E-state index contributed by atoms with van der Waals surface area (Å²) >= 11 is 0. The summed E-state index contributed by atoms with van der Waals surface area (Å²) in [5.41, 5.74) is 1.53. The van der Waals surface area contributed by atoms with Crippen LogP contribution in [-0.2, 0) is 16.0 Å². The molecule has 1 fully saturated rings. The van der Waals surface area contributed by atoms with E-state index in [1.165, 1.54) is 19.2 Å². The smallest absolute Gasteiger partial charge is 0.387 e. The number of amides is 2. The quantitative estimate of drug-likeness (QED) is 0.735. The van der Waals surface area contributed by atoms with Crippen LogP contribution in [0.3, 0.4) is 0 Å². The van der Waals surface area contributed by atoms with Crippen LogP contribution in [-0.4, -0.2) is 38.6 Å². The molecule has 1 saturated heterocycles. The van der Waals surface area contributed by atoms with Crippen LogP contribution in [0.1, 0.15) is 12.0 Å². The molecule has 1 aliphatic rings. The van der Waals surface area contributed by atoms with Crippen LogP contribution in [0.5, 0.6) is 11.5 Å². The van der Waals surface area contributed by atoms with E-state index in [4.69, 9.17) is 4.74 Å². The van der Waals surface area contributed by atoms with Crippen molar-refractivity contribution in [3.8, 4) is 11.5 Å². The van der Waals surface area contributed by atoms with Gasteiger partial charge >= 0.3 is 6.61 Å². The van der Waals surface area contributed by atoms with Crippen molar-refractivity contribution >= 4 is 17.5 Å². The van der Waals surface area contributed by atoms with Gasteiger partial charge in [0.2, 0.25) is 11.8 Å². The average molecular weight is 404 g/mol. The summed E-state index contributed by atoms with van der Waals surface area (Å²) in [5.74, 6) is -0.0678. The number of nitrogens with one attached hydrogen (secondary N) is 1. The molecular weight excluding hydrogens is 382 g/mol. The number of methoxy groups -OCH3 is 1. The molecule has 2 amide bonds. The third kappa shape index (κ3) is 5.22. The Kier molecular flexibility index (Phi) is 6.64. The summed E-state index contributed by atoms with van der Waals surface area (Å²) in [4.78, 5) is 26.4. The topological polar surface area (TPSA) is 67.9 Å². The van der Waals surface area contributed by atoms with Gasteiger partial charge in [-0.05, 0) is 36.2 Å². The Morgan fingerprint density at radius 2 is 1.93 bits per heavy atom. The normalized spacial score (nSPS) is 16.2. The number of hydrogen-bond acceptors (Lipinski definition) is 4. The zero-order chi connectivity index (χ0) is 20.8. The van der Waals surface area contributed by atoms with Crippen molar-refractivity contribution in [2.75, 3.05) is 25.1 Å². The van der Waals surface area contributed by atoms with Crippen LogP contribution >= 0.6 is 0 Å². The van der Waals surface area contributed by atoms with Gasteiger partial charge in [-0.15, -0.1) is 0 Å². The van der Waals surface area contributed by atoms with Gasteiger partial charge < -0.3 is 19.7 Å². The lowest BCUT2D eigenvalue weighted by Gasteiger charge is -2.19.